The van der Waals surface area contributed by atoms with E-state index in [2.05, 4.69) is 56.7 Å². The standard InChI is InChI=1S/C20H28N4O.C2HF3O2/c1-22-11-9-21-19(22)14-23-10-5-8-20(15-23)16-24(12-13-25-17-20)18-6-3-2-4-7-18;3-2(4,5)1(6)7/h2-4,6-7,9,11H,5,8,10,12-17H2,1H3;(H,6,7). The van der Waals surface area contributed by atoms with Crippen molar-refractivity contribution in [2.24, 2.45) is 12.5 Å². The maximum Gasteiger partial charge on any atom is 0.490 e. The molecule has 1 N–H and O–H groups in total. The van der Waals surface area contributed by atoms with Crippen LogP contribution in [0.4, 0.5) is 18.9 Å². The summed E-state index contributed by atoms with van der Waals surface area (Å²) in [6, 6.07) is 10.8. The van der Waals surface area contributed by atoms with Crippen molar-refractivity contribution in [3.8, 4) is 0 Å². The Kier molecular flexibility index (Phi) is 7.78. The molecule has 0 aliphatic carbocycles. The predicted molar refractivity (Wildman–Crippen MR) is 113 cm³/mol. The van der Waals surface area contributed by atoms with Crippen LogP contribution < -0.4 is 4.90 Å². The summed E-state index contributed by atoms with van der Waals surface area (Å²) in [6.45, 7) is 6.91. The number of alkyl halides is 3. The lowest BCUT2D eigenvalue weighted by Gasteiger charge is -2.44. The second-order valence-corrected chi connectivity index (χ2v) is 8.38. The van der Waals surface area contributed by atoms with Crippen LogP contribution in [0.2, 0.25) is 0 Å². The molecule has 1 spiro atoms. The quantitative estimate of drug-likeness (QED) is 0.768. The van der Waals surface area contributed by atoms with Gasteiger partial charge in [0.25, 0.3) is 0 Å². The highest BCUT2D eigenvalue weighted by molar-refractivity contribution is 5.73. The monoisotopic (exact) mass is 454 g/mol. The zero-order chi connectivity index (χ0) is 23.2. The Labute approximate surface area is 185 Å². The highest BCUT2D eigenvalue weighted by atomic mass is 19.4. The second-order valence-electron chi connectivity index (χ2n) is 8.38. The van der Waals surface area contributed by atoms with Crippen LogP contribution in [0.15, 0.2) is 42.7 Å². The van der Waals surface area contributed by atoms with Crippen LogP contribution in [-0.2, 0) is 23.1 Å². The summed E-state index contributed by atoms with van der Waals surface area (Å²) in [5, 5.41) is 7.12. The Balaban J connectivity index is 0.000000360. The summed E-state index contributed by atoms with van der Waals surface area (Å²) in [6.07, 6.45) is 1.31. The number of rotatable bonds is 3. The van der Waals surface area contributed by atoms with Gasteiger partial charge in [-0.25, -0.2) is 9.78 Å². The topological polar surface area (TPSA) is 70.8 Å². The number of piperidine rings is 1. The fraction of sp³-hybridized carbons (Fsp3) is 0.545. The normalized spacial score (nSPS) is 22.2. The Morgan fingerprint density at radius 1 is 1.22 bits per heavy atom. The van der Waals surface area contributed by atoms with Crippen LogP contribution in [0.1, 0.15) is 18.7 Å². The molecule has 2 fully saturated rings. The molecule has 10 heteroatoms. The SMILES string of the molecule is Cn1ccnc1CN1CCCC2(COCCN(c3ccccc3)C2)C1.O=C(O)C(F)(F)F. The lowest BCUT2D eigenvalue weighted by Crippen LogP contribution is -2.50. The van der Waals surface area contributed by atoms with E-state index in [1.54, 1.807) is 0 Å². The molecule has 0 radical (unpaired) electrons. The molecule has 32 heavy (non-hydrogen) atoms. The molecule has 2 aliphatic heterocycles. The van der Waals surface area contributed by atoms with E-state index in [1.807, 2.05) is 12.4 Å². The summed E-state index contributed by atoms with van der Waals surface area (Å²) in [4.78, 5) is 18.5. The van der Waals surface area contributed by atoms with Crippen LogP contribution >= 0.6 is 0 Å². The second kappa shape index (κ2) is 10.4. The molecule has 3 heterocycles. The third-order valence-electron chi connectivity index (χ3n) is 5.83. The van der Waals surface area contributed by atoms with E-state index >= 15 is 0 Å². The van der Waals surface area contributed by atoms with Gasteiger partial charge in [0, 0.05) is 50.2 Å². The minimum absolute atomic E-state index is 0.218. The fourth-order valence-electron chi connectivity index (χ4n) is 4.29. The summed E-state index contributed by atoms with van der Waals surface area (Å²) >= 11 is 0. The fourth-order valence-corrected chi connectivity index (χ4v) is 4.29. The molecule has 0 amide bonds. The van der Waals surface area contributed by atoms with Crippen LogP contribution in [-0.4, -0.2) is 71.1 Å². The van der Waals surface area contributed by atoms with Gasteiger partial charge in [-0.15, -0.1) is 0 Å². The van der Waals surface area contributed by atoms with Crippen molar-refractivity contribution >= 4 is 11.7 Å². The Hall–Kier alpha value is -2.59. The number of imidazole rings is 1. The van der Waals surface area contributed by atoms with E-state index in [1.165, 1.54) is 18.5 Å². The minimum Gasteiger partial charge on any atom is -0.475 e. The zero-order valence-corrected chi connectivity index (χ0v) is 18.1. The summed E-state index contributed by atoms with van der Waals surface area (Å²) in [5.74, 6) is -1.61. The van der Waals surface area contributed by atoms with Gasteiger partial charge < -0.3 is 19.3 Å². The van der Waals surface area contributed by atoms with Gasteiger partial charge in [-0.3, -0.25) is 4.90 Å². The summed E-state index contributed by atoms with van der Waals surface area (Å²) < 4.78 is 39.9. The van der Waals surface area contributed by atoms with Crippen molar-refractivity contribution in [2.45, 2.75) is 25.6 Å². The van der Waals surface area contributed by atoms with Crippen molar-refractivity contribution in [1.82, 2.24) is 14.5 Å². The van der Waals surface area contributed by atoms with E-state index in [0.29, 0.717) is 0 Å². The molecule has 1 aromatic heterocycles. The first-order chi connectivity index (χ1) is 15.2. The van der Waals surface area contributed by atoms with E-state index in [0.717, 1.165) is 51.8 Å². The van der Waals surface area contributed by atoms with Crippen LogP contribution in [0, 0.1) is 5.41 Å². The molecule has 0 saturated carbocycles. The molecule has 2 saturated heterocycles. The number of aryl methyl sites for hydroxylation is 1. The van der Waals surface area contributed by atoms with Gasteiger partial charge in [-0.1, -0.05) is 18.2 Å². The highest BCUT2D eigenvalue weighted by Gasteiger charge is 2.39. The predicted octanol–water partition coefficient (Wildman–Crippen LogP) is 3.17. The van der Waals surface area contributed by atoms with Crippen LogP contribution in [0.25, 0.3) is 0 Å². The lowest BCUT2D eigenvalue weighted by molar-refractivity contribution is -0.192. The Bertz CT molecular complexity index is 875. The Morgan fingerprint density at radius 3 is 2.56 bits per heavy atom. The number of halogens is 3. The maximum absolute atomic E-state index is 10.6. The van der Waals surface area contributed by atoms with Crippen molar-refractivity contribution in [3.63, 3.8) is 0 Å². The van der Waals surface area contributed by atoms with E-state index in [4.69, 9.17) is 14.6 Å². The number of nitrogens with zero attached hydrogens (tertiary/aromatic N) is 4. The number of carboxylic acid groups (broad SMARTS) is 1. The average molecular weight is 454 g/mol. The smallest absolute Gasteiger partial charge is 0.475 e. The number of aromatic nitrogens is 2. The van der Waals surface area contributed by atoms with Crippen molar-refractivity contribution in [3.05, 3.63) is 48.5 Å². The molecule has 2 aliphatic rings. The van der Waals surface area contributed by atoms with Crippen molar-refractivity contribution < 1.29 is 27.8 Å². The maximum atomic E-state index is 10.6. The number of hydrogen-bond acceptors (Lipinski definition) is 5. The highest BCUT2D eigenvalue weighted by Crippen LogP contribution is 2.35. The molecular formula is C22H29F3N4O3. The average Bonchev–Trinajstić information content (AvgIpc) is 3.04. The molecule has 2 aromatic rings. The Morgan fingerprint density at radius 2 is 1.94 bits per heavy atom. The third kappa shape index (κ3) is 6.46. The van der Waals surface area contributed by atoms with Gasteiger partial charge in [-0.2, -0.15) is 13.2 Å². The third-order valence-corrected chi connectivity index (χ3v) is 5.83. The van der Waals surface area contributed by atoms with Gasteiger partial charge in [0.15, 0.2) is 0 Å². The van der Waals surface area contributed by atoms with Crippen LogP contribution in [0.5, 0.6) is 0 Å². The first-order valence-electron chi connectivity index (χ1n) is 10.5. The van der Waals surface area contributed by atoms with Crippen molar-refractivity contribution in [1.29, 1.82) is 0 Å². The number of likely N-dealkylation sites (tertiary alicyclic amines) is 1. The van der Waals surface area contributed by atoms with Gasteiger partial charge >= 0.3 is 12.1 Å². The minimum atomic E-state index is -5.08. The number of benzene rings is 1. The number of para-hydroxylation sites is 1. The van der Waals surface area contributed by atoms with Gasteiger partial charge in [0.2, 0.25) is 0 Å². The number of carboxylic acids is 1. The van der Waals surface area contributed by atoms with E-state index in [-0.39, 0.29) is 5.41 Å². The van der Waals surface area contributed by atoms with Gasteiger partial charge in [0.1, 0.15) is 5.82 Å². The molecule has 7 nitrogen and oxygen atoms in total. The number of hydrogen-bond donors (Lipinski definition) is 1. The first kappa shape index (κ1) is 24.1. The van der Waals surface area contributed by atoms with E-state index < -0.39 is 12.1 Å². The molecule has 4 rings (SSSR count). The molecule has 1 atom stereocenters. The van der Waals surface area contributed by atoms with Crippen LogP contribution in [0.3, 0.4) is 0 Å². The van der Waals surface area contributed by atoms with E-state index in [9.17, 15) is 13.2 Å². The molecule has 176 valence electrons. The largest absolute Gasteiger partial charge is 0.490 e. The number of carbonyl (C=O) groups is 1. The molecule has 1 aromatic carbocycles. The molecule has 1 unspecified atom stereocenters. The van der Waals surface area contributed by atoms with Crippen molar-refractivity contribution in [2.75, 3.05) is 44.3 Å². The summed E-state index contributed by atoms with van der Waals surface area (Å²) in [5.41, 5.74) is 1.53. The number of anilines is 1. The zero-order valence-electron chi connectivity index (χ0n) is 18.1. The molecule has 0 bridgehead atoms. The number of aliphatic carboxylic acids is 1. The molecular weight excluding hydrogens is 425 g/mol. The lowest BCUT2D eigenvalue weighted by atomic mass is 9.80. The number of ether oxygens (including phenoxy) is 1. The summed E-state index contributed by atoms with van der Waals surface area (Å²) in [7, 11) is 2.08. The van der Waals surface area contributed by atoms with Gasteiger partial charge in [-0.05, 0) is 31.5 Å². The first-order valence-corrected chi connectivity index (χ1v) is 10.5. The van der Waals surface area contributed by atoms with Gasteiger partial charge in [0.05, 0.1) is 19.8 Å².